The van der Waals surface area contributed by atoms with Gasteiger partial charge >= 0.3 is 0 Å². The number of rotatable bonds is 7. The maximum atomic E-state index is 11.8. The minimum atomic E-state index is -0.305. The molecule has 2 atom stereocenters. The molecule has 5 nitrogen and oxygen atoms in total. The molecule has 2 N–H and O–H groups in total. The molecule has 1 saturated heterocycles. The van der Waals surface area contributed by atoms with Crippen LogP contribution in [-0.4, -0.2) is 54.8 Å². The van der Waals surface area contributed by atoms with E-state index in [1.807, 2.05) is 6.92 Å². The molecule has 0 spiro atoms. The molecule has 1 aliphatic rings. The number of likely N-dealkylation sites (tertiary alicyclic amines) is 1. The van der Waals surface area contributed by atoms with Crippen LogP contribution in [-0.2, 0) is 4.79 Å². The van der Waals surface area contributed by atoms with Crippen LogP contribution in [0.4, 0.5) is 0 Å². The maximum Gasteiger partial charge on any atom is 0.234 e. The van der Waals surface area contributed by atoms with Gasteiger partial charge in [-0.2, -0.15) is 0 Å². The number of carbonyl (C=O) groups is 1. The van der Waals surface area contributed by atoms with Gasteiger partial charge in [0.05, 0.1) is 19.2 Å². The van der Waals surface area contributed by atoms with Gasteiger partial charge in [0.1, 0.15) is 12.4 Å². The average molecular weight is 327 g/mol. The highest BCUT2D eigenvalue weighted by molar-refractivity contribution is 6.30. The summed E-state index contributed by atoms with van der Waals surface area (Å²) in [5.41, 5.74) is 0. The third-order valence-corrected chi connectivity index (χ3v) is 4.12. The molecule has 1 aromatic carbocycles. The van der Waals surface area contributed by atoms with E-state index in [1.165, 1.54) is 0 Å². The number of hydrogen-bond acceptors (Lipinski definition) is 4. The van der Waals surface area contributed by atoms with Crippen molar-refractivity contribution in [3.8, 4) is 5.75 Å². The molecule has 0 aliphatic carbocycles. The highest BCUT2D eigenvalue weighted by Gasteiger charge is 2.26. The van der Waals surface area contributed by atoms with Crippen LogP contribution in [0, 0.1) is 5.92 Å². The van der Waals surface area contributed by atoms with Crippen molar-refractivity contribution in [2.75, 3.05) is 32.8 Å². The SMILES string of the molecule is CC(O)C1CCN(CC(=O)NCCOc2ccc(Cl)cc2)C1. The molecular formula is C16H23ClN2O3. The zero-order chi connectivity index (χ0) is 15.9. The van der Waals surface area contributed by atoms with E-state index in [0.717, 1.165) is 25.3 Å². The molecule has 1 fully saturated rings. The molecule has 1 heterocycles. The molecule has 0 saturated carbocycles. The molecule has 6 heteroatoms. The Bertz CT molecular complexity index is 479. The number of hydrogen-bond donors (Lipinski definition) is 2. The predicted molar refractivity (Wildman–Crippen MR) is 86.2 cm³/mol. The highest BCUT2D eigenvalue weighted by atomic mass is 35.5. The first-order chi connectivity index (χ1) is 10.5. The summed E-state index contributed by atoms with van der Waals surface area (Å²) in [5, 5.41) is 13.1. The van der Waals surface area contributed by atoms with Gasteiger partial charge in [-0.25, -0.2) is 0 Å². The van der Waals surface area contributed by atoms with Crippen molar-refractivity contribution in [2.24, 2.45) is 5.92 Å². The van der Waals surface area contributed by atoms with Crippen molar-refractivity contribution in [3.05, 3.63) is 29.3 Å². The van der Waals surface area contributed by atoms with Gasteiger partial charge in [-0.05, 0) is 50.1 Å². The van der Waals surface area contributed by atoms with Gasteiger partial charge in [0.2, 0.25) is 5.91 Å². The Morgan fingerprint density at radius 1 is 1.50 bits per heavy atom. The number of aliphatic hydroxyl groups excluding tert-OH is 1. The number of nitrogens with one attached hydrogen (secondary N) is 1. The number of nitrogens with zero attached hydrogens (tertiary/aromatic N) is 1. The molecule has 0 aromatic heterocycles. The minimum absolute atomic E-state index is 0.00838. The van der Waals surface area contributed by atoms with Crippen LogP contribution in [0.5, 0.6) is 5.75 Å². The lowest BCUT2D eigenvalue weighted by Crippen LogP contribution is -2.38. The molecule has 2 rings (SSSR count). The molecule has 122 valence electrons. The highest BCUT2D eigenvalue weighted by Crippen LogP contribution is 2.19. The first-order valence-corrected chi connectivity index (χ1v) is 7.98. The first kappa shape index (κ1) is 17.1. The van der Waals surface area contributed by atoms with E-state index in [-0.39, 0.29) is 17.9 Å². The standard InChI is InChI=1S/C16H23ClN2O3/c1-12(20)13-6-8-19(10-13)11-16(21)18-7-9-22-15-4-2-14(17)3-5-15/h2-5,12-13,20H,6-11H2,1H3,(H,18,21). The Morgan fingerprint density at radius 3 is 2.86 bits per heavy atom. The fourth-order valence-electron chi connectivity index (χ4n) is 2.55. The summed E-state index contributed by atoms with van der Waals surface area (Å²) in [4.78, 5) is 13.9. The third kappa shape index (κ3) is 5.48. The summed E-state index contributed by atoms with van der Waals surface area (Å²) in [6.07, 6.45) is 0.644. The van der Waals surface area contributed by atoms with Crippen molar-refractivity contribution in [1.82, 2.24) is 10.2 Å². The quantitative estimate of drug-likeness (QED) is 0.746. The van der Waals surface area contributed by atoms with Crippen LogP contribution < -0.4 is 10.1 Å². The van der Waals surface area contributed by atoms with Gasteiger partial charge in [0.25, 0.3) is 0 Å². The second kappa shape index (κ2) is 8.36. The lowest BCUT2D eigenvalue weighted by atomic mass is 10.0. The summed E-state index contributed by atoms with van der Waals surface area (Å²) in [6, 6.07) is 7.12. The lowest BCUT2D eigenvalue weighted by Gasteiger charge is -2.17. The second-order valence-corrected chi connectivity index (χ2v) is 6.11. The Morgan fingerprint density at radius 2 is 2.23 bits per heavy atom. The van der Waals surface area contributed by atoms with Gasteiger partial charge in [-0.1, -0.05) is 11.6 Å². The van der Waals surface area contributed by atoms with Gasteiger partial charge in [-0.3, -0.25) is 9.69 Å². The normalized spacial score (nSPS) is 19.9. The molecular weight excluding hydrogens is 304 g/mol. The Labute approximate surface area is 136 Å². The fourth-order valence-corrected chi connectivity index (χ4v) is 2.68. The summed E-state index contributed by atoms with van der Waals surface area (Å²) in [5.74, 6) is 1.00. The predicted octanol–water partition coefficient (Wildman–Crippen LogP) is 1.54. The number of benzene rings is 1. The Hall–Kier alpha value is -1.30. The minimum Gasteiger partial charge on any atom is -0.492 e. The summed E-state index contributed by atoms with van der Waals surface area (Å²) in [6.45, 7) is 4.72. The zero-order valence-corrected chi connectivity index (χ0v) is 13.6. The molecule has 22 heavy (non-hydrogen) atoms. The Balaban J connectivity index is 1.59. The van der Waals surface area contributed by atoms with E-state index in [4.69, 9.17) is 16.3 Å². The molecule has 1 aromatic rings. The van der Waals surface area contributed by atoms with Crippen LogP contribution in [0.3, 0.4) is 0 Å². The van der Waals surface area contributed by atoms with Crippen LogP contribution in [0.25, 0.3) is 0 Å². The number of carbonyl (C=O) groups excluding carboxylic acids is 1. The largest absolute Gasteiger partial charge is 0.492 e. The molecule has 1 aliphatic heterocycles. The Kier molecular flexibility index (Phi) is 6.49. The van der Waals surface area contributed by atoms with Gasteiger partial charge < -0.3 is 15.2 Å². The summed E-state index contributed by atoms with van der Waals surface area (Å²) >= 11 is 5.79. The molecule has 0 bridgehead atoms. The van der Waals surface area contributed by atoms with Crippen LogP contribution >= 0.6 is 11.6 Å². The smallest absolute Gasteiger partial charge is 0.234 e. The molecule has 1 amide bonds. The first-order valence-electron chi connectivity index (χ1n) is 7.60. The zero-order valence-electron chi connectivity index (χ0n) is 12.8. The van der Waals surface area contributed by atoms with Gasteiger partial charge in [0.15, 0.2) is 0 Å². The van der Waals surface area contributed by atoms with Gasteiger partial charge in [0, 0.05) is 11.6 Å². The van der Waals surface area contributed by atoms with Crippen molar-refractivity contribution in [1.29, 1.82) is 0 Å². The van der Waals surface area contributed by atoms with E-state index in [0.29, 0.717) is 24.7 Å². The van der Waals surface area contributed by atoms with Crippen molar-refractivity contribution < 1.29 is 14.6 Å². The van der Waals surface area contributed by atoms with Crippen LogP contribution in [0.15, 0.2) is 24.3 Å². The average Bonchev–Trinajstić information content (AvgIpc) is 2.94. The fraction of sp³-hybridized carbons (Fsp3) is 0.562. The lowest BCUT2D eigenvalue weighted by molar-refractivity contribution is -0.122. The molecule has 2 unspecified atom stereocenters. The van der Waals surface area contributed by atoms with Crippen LogP contribution in [0.2, 0.25) is 5.02 Å². The van der Waals surface area contributed by atoms with Crippen molar-refractivity contribution in [3.63, 3.8) is 0 Å². The van der Waals surface area contributed by atoms with E-state index >= 15 is 0 Å². The summed E-state index contributed by atoms with van der Waals surface area (Å²) in [7, 11) is 0. The van der Waals surface area contributed by atoms with Crippen molar-refractivity contribution in [2.45, 2.75) is 19.4 Å². The topological polar surface area (TPSA) is 61.8 Å². The van der Waals surface area contributed by atoms with E-state index in [2.05, 4.69) is 10.2 Å². The number of aliphatic hydroxyl groups is 1. The number of ether oxygens (including phenoxy) is 1. The van der Waals surface area contributed by atoms with E-state index < -0.39 is 0 Å². The van der Waals surface area contributed by atoms with Gasteiger partial charge in [-0.15, -0.1) is 0 Å². The van der Waals surface area contributed by atoms with Crippen LogP contribution in [0.1, 0.15) is 13.3 Å². The van der Waals surface area contributed by atoms with E-state index in [9.17, 15) is 9.90 Å². The number of amides is 1. The van der Waals surface area contributed by atoms with E-state index in [1.54, 1.807) is 24.3 Å². The summed E-state index contributed by atoms with van der Waals surface area (Å²) < 4.78 is 5.51. The van der Waals surface area contributed by atoms with Crippen molar-refractivity contribution >= 4 is 17.5 Å². The number of halogens is 1. The molecule has 0 radical (unpaired) electrons. The third-order valence-electron chi connectivity index (χ3n) is 3.86. The monoisotopic (exact) mass is 326 g/mol. The second-order valence-electron chi connectivity index (χ2n) is 5.68. The maximum absolute atomic E-state index is 11.8.